The molecular formula is C22H19ClF3N5OS2. The second-order valence-electron chi connectivity index (χ2n) is 8.58. The number of hydrogen-bond donors (Lipinski definition) is 2. The molecule has 2 N–H and O–H groups in total. The van der Waals surface area contributed by atoms with Crippen molar-refractivity contribution in [3.05, 3.63) is 49.1 Å². The van der Waals surface area contributed by atoms with E-state index >= 15 is 0 Å². The quantitative estimate of drug-likeness (QED) is 0.405. The van der Waals surface area contributed by atoms with Crippen molar-refractivity contribution in [1.29, 1.82) is 5.26 Å². The van der Waals surface area contributed by atoms with Crippen LogP contribution in [-0.2, 0) is 12.8 Å². The van der Waals surface area contributed by atoms with E-state index in [4.69, 9.17) is 11.6 Å². The van der Waals surface area contributed by atoms with Crippen molar-refractivity contribution in [1.82, 2.24) is 9.78 Å². The summed E-state index contributed by atoms with van der Waals surface area (Å²) in [6.45, 7) is 2.13. The molecule has 0 aromatic carbocycles. The van der Waals surface area contributed by atoms with E-state index in [1.54, 1.807) is 17.5 Å². The summed E-state index contributed by atoms with van der Waals surface area (Å²) < 4.78 is 42.5. The first-order chi connectivity index (χ1) is 16.2. The Kier molecular flexibility index (Phi) is 5.86. The molecule has 3 aromatic rings. The van der Waals surface area contributed by atoms with Crippen LogP contribution in [0, 0.1) is 17.2 Å². The van der Waals surface area contributed by atoms with Crippen LogP contribution in [0.3, 0.4) is 0 Å². The minimum absolute atomic E-state index is 0.0430. The first-order valence-corrected chi connectivity index (χ1v) is 12.8. The van der Waals surface area contributed by atoms with E-state index in [-0.39, 0.29) is 23.0 Å². The van der Waals surface area contributed by atoms with Crippen molar-refractivity contribution in [3.63, 3.8) is 0 Å². The van der Waals surface area contributed by atoms with Crippen LogP contribution in [-0.4, -0.2) is 21.9 Å². The van der Waals surface area contributed by atoms with E-state index in [1.165, 1.54) is 22.7 Å². The average Bonchev–Trinajstić information content (AvgIpc) is 3.50. The molecule has 6 nitrogen and oxygen atoms in total. The molecule has 1 amide bonds. The molecule has 3 atom stereocenters. The number of anilines is 2. The molecule has 0 bridgehead atoms. The number of rotatable bonds is 3. The highest BCUT2D eigenvalue weighted by molar-refractivity contribution is 7.16. The van der Waals surface area contributed by atoms with E-state index in [0.717, 1.165) is 39.3 Å². The van der Waals surface area contributed by atoms with Gasteiger partial charge in [0.25, 0.3) is 5.91 Å². The van der Waals surface area contributed by atoms with Gasteiger partial charge in [-0.3, -0.25) is 4.79 Å². The zero-order chi connectivity index (χ0) is 24.2. The van der Waals surface area contributed by atoms with E-state index in [9.17, 15) is 23.2 Å². The van der Waals surface area contributed by atoms with Crippen LogP contribution in [0.1, 0.15) is 63.2 Å². The molecule has 3 aromatic heterocycles. The lowest BCUT2D eigenvalue weighted by molar-refractivity contribution is -0.173. The Balaban J connectivity index is 1.49. The van der Waals surface area contributed by atoms with Crippen molar-refractivity contribution < 1.29 is 18.0 Å². The van der Waals surface area contributed by atoms with Gasteiger partial charge in [0.2, 0.25) is 0 Å². The number of nitrogens with one attached hydrogen (secondary N) is 2. The summed E-state index contributed by atoms with van der Waals surface area (Å²) in [5.41, 5.74) is 1.03. The standard InChI is InChI=1S/C22H19ClF3N5OS2/c1-10-4-5-11-12(9-27)21(34-15(11)7-10)29-20(32)18-17(23)19-28-13(14-3-2-6-33-14)8-16(22(24,25)26)31(19)30-18/h2-3,6,10,13,16,28H,4-5,7-8H2,1H3,(H,29,32)/t10-,13+,16+/m1/s1. The van der Waals surface area contributed by atoms with Crippen LogP contribution < -0.4 is 10.6 Å². The van der Waals surface area contributed by atoms with Gasteiger partial charge in [0.05, 0.1) is 11.6 Å². The molecular weight excluding hydrogens is 507 g/mol. The fourth-order valence-electron chi connectivity index (χ4n) is 4.53. The number of hydrogen-bond acceptors (Lipinski definition) is 6. The van der Waals surface area contributed by atoms with Gasteiger partial charge >= 0.3 is 6.18 Å². The number of thiophene rings is 2. The van der Waals surface area contributed by atoms with Crippen molar-refractivity contribution in [3.8, 4) is 6.07 Å². The van der Waals surface area contributed by atoms with Crippen LogP contribution >= 0.6 is 34.3 Å². The summed E-state index contributed by atoms with van der Waals surface area (Å²) in [5, 5.41) is 21.3. The highest BCUT2D eigenvalue weighted by Crippen LogP contribution is 2.47. The molecule has 0 spiro atoms. The number of nitrogens with zero attached hydrogens (tertiary/aromatic N) is 3. The van der Waals surface area contributed by atoms with Crippen LogP contribution in [0.2, 0.25) is 5.02 Å². The monoisotopic (exact) mass is 525 g/mol. The molecule has 5 rings (SSSR count). The van der Waals surface area contributed by atoms with Crippen molar-refractivity contribution >= 4 is 51.0 Å². The van der Waals surface area contributed by atoms with Gasteiger partial charge in [-0.1, -0.05) is 24.6 Å². The molecule has 12 heteroatoms. The number of carbonyl (C=O) groups is 1. The fraction of sp³-hybridized carbons (Fsp3) is 0.409. The Morgan fingerprint density at radius 1 is 1.44 bits per heavy atom. The van der Waals surface area contributed by atoms with Crippen LogP contribution in [0.25, 0.3) is 0 Å². The second kappa shape index (κ2) is 8.59. The molecule has 1 aliphatic heterocycles. The van der Waals surface area contributed by atoms with Gasteiger partial charge in [-0.25, -0.2) is 4.68 Å². The van der Waals surface area contributed by atoms with E-state index in [1.807, 2.05) is 0 Å². The van der Waals surface area contributed by atoms with E-state index in [2.05, 4.69) is 28.7 Å². The molecule has 0 fully saturated rings. The van der Waals surface area contributed by atoms with Gasteiger partial charge in [0.1, 0.15) is 21.9 Å². The van der Waals surface area contributed by atoms with Gasteiger partial charge in [0, 0.05) is 16.2 Å². The molecule has 1 aliphatic carbocycles. The first kappa shape index (κ1) is 23.2. The SMILES string of the molecule is C[C@@H]1CCc2c(sc(NC(=O)c3nn4c(c3Cl)N[C@H](c3cccs3)C[C@H]4C(F)(F)F)c2C#N)C1. The molecule has 0 radical (unpaired) electrons. The Morgan fingerprint density at radius 2 is 2.24 bits per heavy atom. The summed E-state index contributed by atoms with van der Waals surface area (Å²) in [6.07, 6.45) is -2.31. The number of halogens is 4. The highest BCUT2D eigenvalue weighted by Gasteiger charge is 2.48. The van der Waals surface area contributed by atoms with Gasteiger partial charge < -0.3 is 10.6 Å². The van der Waals surface area contributed by atoms with Crippen molar-refractivity contribution in [2.75, 3.05) is 10.6 Å². The van der Waals surface area contributed by atoms with Crippen LogP contribution in [0.5, 0.6) is 0 Å². The zero-order valence-electron chi connectivity index (χ0n) is 17.9. The summed E-state index contributed by atoms with van der Waals surface area (Å²) >= 11 is 9.08. The largest absolute Gasteiger partial charge is 0.410 e. The predicted octanol–water partition coefficient (Wildman–Crippen LogP) is 6.57. The lowest BCUT2D eigenvalue weighted by Gasteiger charge is -2.32. The van der Waals surface area contributed by atoms with E-state index < -0.39 is 24.2 Å². The molecule has 34 heavy (non-hydrogen) atoms. The number of nitriles is 1. The average molecular weight is 526 g/mol. The lowest BCUT2D eigenvalue weighted by atomic mass is 9.89. The van der Waals surface area contributed by atoms with Gasteiger partial charge in [-0.15, -0.1) is 22.7 Å². The summed E-state index contributed by atoms with van der Waals surface area (Å²) in [4.78, 5) is 14.9. The Morgan fingerprint density at radius 3 is 2.91 bits per heavy atom. The molecule has 4 heterocycles. The maximum absolute atomic E-state index is 13.9. The van der Waals surface area contributed by atoms with Crippen LogP contribution in [0.4, 0.5) is 24.0 Å². The van der Waals surface area contributed by atoms with Gasteiger partial charge in [-0.05, 0) is 42.2 Å². The van der Waals surface area contributed by atoms with Crippen LogP contribution in [0.15, 0.2) is 17.5 Å². The number of fused-ring (bicyclic) bond motifs is 2. The van der Waals surface area contributed by atoms with Gasteiger partial charge in [-0.2, -0.15) is 23.5 Å². The Hall–Kier alpha value is -2.55. The summed E-state index contributed by atoms with van der Waals surface area (Å²) in [5.74, 6) is -0.304. The van der Waals surface area contributed by atoms with Crippen molar-refractivity contribution in [2.45, 2.75) is 50.9 Å². The molecule has 2 aliphatic rings. The number of carbonyl (C=O) groups excluding carboxylic acids is 1. The molecule has 178 valence electrons. The normalized spacial score (nSPS) is 21.8. The number of aromatic nitrogens is 2. The third-order valence-corrected chi connectivity index (χ3v) is 8.76. The predicted molar refractivity (Wildman–Crippen MR) is 126 cm³/mol. The topological polar surface area (TPSA) is 82.7 Å². The third kappa shape index (κ3) is 3.97. The lowest BCUT2D eigenvalue weighted by Crippen LogP contribution is -2.35. The van der Waals surface area contributed by atoms with E-state index in [0.29, 0.717) is 16.5 Å². The second-order valence-corrected chi connectivity index (χ2v) is 11.0. The molecule has 0 saturated heterocycles. The number of amides is 1. The number of alkyl halides is 3. The third-order valence-electron chi connectivity index (χ3n) is 6.25. The molecule has 0 unspecified atom stereocenters. The van der Waals surface area contributed by atoms with Gasteiger partial charge in [0.15, 0.2) is 11.7 Å². The molecule has 0 saturated carbocycles. The van der Waals surface area contributed by atoms with Crippen molar-refractivity contribution in [2.24, 2.45) is 5.92 Å². The summed E-state index contributed by atoms with van der Waals surface area (Å²) in [7, 11) is 0. The minimum atomic E-state index is -4.58. The summed E-state index contributed by atoms with van der Waals surface area (Å²) in [6, 6.07) is 3.15. The fourth-order valence-corrected chi connectivity index (χ4v) is 6.94. The first-order valence-electron chi connectivity index (χ1n) is 10.7. The maximum atomic E-state index is 13.9. The Bertz CT molecular complexity index is 1290. The maximum Gasteiger partial charge on any atom is 0.410 e. The Labute approximate surface area is 206 Å². The highest BCUT2D eigenvalue weighted by atomic mass is 35.5. The minimum Gasteiger partial charge on any atom is -0.361 e. The smallest absolute Gasteiger partial charge is 0.361 e. The zero-order valence-corrected chi connectivity index (χ0v) is 20.3.